The third kappa shape index (κ3) is 18.2. The molecule has 0 radical (unpaired) electrons. The Morgan fingerprint density at radius 2 is 1.46 bits per heavy atom. The minimum atomic E-state index is -0.0342. The zero-order valence-corrected chi connectivity index (χ0v) is 17.2. The van der Waals surface area contributed by atoms with Crippen LogP contribution in [0.5, 0.6) is 0 Å². The van der Waals surface area contributed by atoms with Gasteiger partial charge < -0.3 is 15.6 Å². The highest BCUT2D eigenvalue weighted by Crippen LogP contribution is 2.09. The highest BCUT2D eigenvalue weighted by molar-refractivity contribution is 5.69. The van der Waals surface area contributed by atoms with Gasteiger partial charge in [0.2, 0.25) is 0 Å². The number of aliphatic hydroxyl groups excluding tert-OH is 1. The van der Waals surface area contributed by atoms with E-state index in [1.54, 1.807) is 0 Å². The molecule has 0 aliphatic heterocycles. The van der Waals surface area contributed by atoms with Crippen molar-refractivity contribution in [3.8, 4) is 0 Å². The number of nitrogens with zero attached hydrogens (tertiary/aromatic N) is 1. The highest BCUT2D eigenvalue weighted by atomic mass is 16.5. The summed E-state index contributed by atoms with van der Waals surface area (Å²) in [4.78, 5) is 13.9. The molecule has 0 saturated heterocycles. The van der Waals surface area contributed by atoms with E-state index < -0.39 is 0 Å². The summed E-state index contributed by atoms with van der Waals surface area (Å²) in [7, 11) is 0. The lowest BCUT2D eigenvalue weighted by Gasteiger charge is -2.20. The molecule has 156 valence electrons. The molecule has 5 heteroatoms. The summed E-state index contributed by atoms with van der Waals surface area (Å²) in [5.74, 6) is -0.0342. The van der Waals surface area contributed by atoms with Crippen molar-refractivity contribution in [2.45, 2.75) is 90.4 Å². The minimum absolute atomic E-state index is 0.0342. The van der Waals surface area contributed by atoms with E-state index in [1.807, 2.05) is 0 Å². The zero-order valence-electron chi connectivity index (χ0n) is 17.2. The molecule has 0 spiro atoms. The normalized spacial score (nSPS) is 11.2. The van der Waals surface area contributed by atoms with Crippen LogP contribution in [0.4, 0.5) is 0 Å². The summed E-state index contributed by atoms with van der Waals surface area (Å²) in [6.07, 6.45) is 14.7. The Morgan fingerprint density at radius 3 is 2.12 bits per heavy atom. The molecule has 0 aromatic rings. The molecule has 0 saturated carbocycles. The lowest BCUT2D eigenvalue weighted by Crippen LogP contribution is -2.32. The van der Waals surface area contributed by atoms with Crippen LogP contribution in [0.1, 0.15) is 90.4 Å². The Labute approximate surface area is 161 Å². The van der Waals surface area contributed by atoms with Crippen molar-refractivity contribution in [1.29, 1.82) is 0 Å². The van der Waals surface area contributed by atoms with E-state index in [1.165, 1.54) is 44.9 Å². The van der Waals surface area contributed by atoms with Gasteiger partial charge >= 0.3 is 5.97 Å². The maximum atomic E-state index is 11.7. The summed E-state index contributed by atoms with van der Waals surface area (Å²) in [5, 5.41) is 9.00. The van der Waals surface area contributed by atoms with Gasteiger partial charge in [0.25, 0.3) is 0 Å². The van der Waals surface area contributed by atoms with Crippen LogP contribution in [0.2, 0.25) is 0 Å². The second kappa shape index (κ2) is 20.7. The first kappa shape index (κ1) is 25.4. The van der Waals surface area contributed by atoms with E-state index in [2.05, 4.69) is 11.8 Å². The Hall–Kier alpha value is -0.650. The lowest BCUT2D eigenvalue weighted by molar-refractivity contribution is -0.143. The van der Waals surface area contributed by atoms with Gasteiger partial charge in [-0.05, 0) is 25.8 Å². The van der Waals surface area contributed by atoms with E-state index in [-0.39, 0.29) is 12.6 Å². The fourth-order valence-electron chi connectivity index (χ4n) is 3.11. The second-order valence-electron chi connectivity index (χ2n) is 7.21. The van der Waals surface area contributed by atoms with Gasteiger partial charge in [0.05, 0.1) is 13.2 Å². The summed E-state index contributed by atoms with van der Waals surface area (Å²) in [6, 6.07) is 0. The van der Waals surface area contributed by atoms with Crippen molar-refractivity contribution in [2.24, 2.45) is 5.73 Å². The molecular formula is C21H44N2O3. The van der Waals surface area contributed by atoms with Crippen molar-refractivity contribution >= 4 is 5.97 Å². The standard InChI is InChI=1S/C21H44N2O3/c1-2-3-4-5-6-10-13-20-26-21(25)14-11-8-7-9-12-16-23(17-15-22)18-19-24/h24H,2-20,22H2,1H3. The zero-order chi connectivity index (χ0) is 19.3. The molecule has 0 bridgehead atoms. The van der Waals surface area contributed by atoms with Gasteiger partial charge in [-0.25, -0.2) is 0 Å². The van der Waals surface area contributed by atoms with E-state index >= 15 is 0 Å². The van der Waals surface area contributed by atoms with Crippen LogP contribution in [-0.2, 0) is 9.53 Å². The molecule has 0 atom stereocenters. The number of hydrogen-bond donors (Lipinski definition) is 2. The molecule has 0 fully saturated rings. The van der Waals surface area contributed by atoms with Crippen LogP contribution in [-0.4, -0.2) is 55.4 Å². The van der Waals surface area contributed by atoms with Gasteiger partial charge in [0, 0.05) is 26.1 Å². The predicted octanol–water partition coefficient (Wildman–Crippen LogP) is 3.87. The third-order valence-corrected chi connectivity index (χ3v) is 4.73. The van der Waals surface area contributed by atoms with Gasteiger partial charge in [-0.2, -0.15) is 0 Å². The Morgan fingerprint density at radius 1 is 0.846 bits per heavy atom. The maximum absolute atomic E-state index is 11.7. The number of hydrogen-bond acceptors (Lipinski definition) is 5. The third-order valence-electron chi connectivity index (χ3n) is 4.73. The largest absolute Gasteiger partial charge is 0.466 e. The van der Waals surface area contributed by atoms with E-state index in [9.17, 15) is 4.79 Å². The molecule has 0 unspecified atom stereocenters. The Bertz CT molecular complexity index is 295. The first-order chi connectivity index (χ1) is 12.7. The topological polar surface area (TPSA) is 75.8 Å². The first-order valence-corrected chi connectivity index (χ1v) is 10.9. The Balaban J connectivity index is 3.33. The number of rotatable bonds is 20. The fraction of sp³-hybridized carbons (Fsp3) is 0.952. The minimum Gasteiger partial charge on any atom is -0.466 e. The van der Waals surface area contributed by atoms with E-state index in [4.69, 9.17) is 15.6 Å². The van der Waals surface area contributed by atoms with E-state index in [0.29, 0.717) is 26.1 Å². The van der Waals surface area contributed by atoms with Crippen LogP contribution < -0.4 is 5.73 Å². The van der Waals surface area contributed by atoms with Gasteiger partial charge in [-0.1, -0.05) is 64.7 Å². The van der Waals surface area contributed by atoms with Gasteiger partial charge in [-0.3, -0.25) is 9.69 Å². The molecular weight excluding hydrogens is 328 g/mol. The average molecular weight is 373 g/mol. The molecule has 0 aromatic carbocycles. The van der Waals surface area contributed by atoms with Gasteiger partial charge in [0.1, 0.15) is 0 Å². The second-order valence-corrected chi connectivity index (χ2v) is 7.21. The number of carbonyl (C=O) groups excluding carboxylic acids is 1. The summed E-state index contributed by atoms with van der Waals surface area (Å²) in [5.41, 5.74) is 5.57. The molecule has 0 aliphatic carbocycles. The lowest BCUT2D eigenvalue weighted by atomic mass is 10.1. The van der Waals surface area contributed by atoms with Crippen LogP contribution in [0.25, 0.3) is 0 Å². The maximum Gasteiger partial charge on any atom is 0.305 e. The van der Waals surface area contributed by atoms with Crippen LogP contribution in [0.15, 0.2) is 0 Å². The van der Waals surface area contributed by atoms with Crippen molar-refractivity contribution in [2.75, 3.05) is 39.4 Å². The number of nitrogens with two attached hydrogens (primary N) is 1. The summed E-state index contributed by atoms with van der Waals surface area (Å²) < 4.78 is 5.30. The van der Waals surface area contributed by atoms with Crippen molar-refractivity contribution in [1.82, 2.24) is 4.90 Å². The Kier molecular flexibility index (Phi) is 20.1. The van der Waals surface area contributed by atoms with Crippen LogP contribution >= 0.6 is 0 Å². The fourth-order valence-corrected chi connectivity index (χ4v) is 3.11. The average Bonchev–Trinajstić information content (AvgIpc) is 2.63. The van der Waals surface area contributed by atoms with Crippen molar-refractivity contribution < 1.29 is 14.6 Å². The molecule has 0 heterocycles. The number of esters is 1. The van der Waals surface area contributed by atoms with Crippen LogP contribution in [0.3, 0.4) is 0 Å². The van der Waals surface area contributed by atoms with Crippen LogP contribution in [0, 0.1) is 0 Å². The quantitative estimate of drug-likeness (QED) is 0.251. The summed E-state index contributed by atoms with van der Waals surface area (Å²) in [6.45, 7) is 6.22. The summed E-state index contributed by atoms with van der Waals surface area (Å²) >= 11 is 0. The number of carbonyl (C=O) groups is 1. The molecule has 0 aromatic heterocycles. The molecule has 0 amide bonds. The molecule has 0 rings (SSSR count). The SMILES string of the molecule is CCCCCCCCCOC(=O)CCCCCCCN(CCN)CCO. The molecule has 5 nitrogen and oxygen atoms in total. The van der Waals surface area contributed by atoms with Gasteiger partial charge in [0.15, 0.2) is 0 Å². The number of ether oxygens (including phenoxy) is 1. The number of aliphatic hydroxyl groups is 1. The van der Waals surface area contributed by atoms with Crippen molar-refractivity contribution in [3.05, 3.63) is 0 Å². The predicted molar refractivity (Wildman–Crippen MR) is 109 cm³/mol. The van der Waals surface area contributed by atoms with Crippen molar-refractivity contribution in [3.63, 3.8) is 0 Å². The number of unbranched alkanes of at least 4 members (excludes halogenated alkanes) is 10. The van der Waals surface area contributed by atoms with Gasteiger partial charge in [-0.15, -0.1) is 0 Å². The molecule has 3 N–H and O–H groups in total. The monoisotopic (exact) mass is 372 g/mol. The van der Waals surface area contributed by atoms with E-state index in [0.717, 1.165) is 45.2 Å². The molecule has 26 heavy (non-hydrogen) atoms. The highest BCUT2D eigenvalue weighted by Gasteiger charge is 2.04. The first-order valence-electron chi connectivity index (χ1n) is 10.9. The smallest absolute Gasteiger partial charge is 0.305 e. The molecule has 0 aliphatic rings.